The molecule has 8 heteroatoms. The first-order valence-corrected chi connectivity index (χ1v) is 9.29. The highest BCUT2D eigenvalue weighted by atomic mass is 16.5. The zero-order valence-corrected chi connectivity index (χ0v) is 16.5. The number of amides is 1. The quantitative estimate of drug-likeness (QED) is 0.466. The number of nitrogens with zero attached hydrogens (tertiary/aromatic N) is 3. The second kappa shape index (κ2) is 11.2. The molecule has 1 heterocycles. The van der Waals surface area contributed by atoms with Gasteiger partial charge in [0.2, 0.25) is 0 Å². The zero-order valence-electron chi connectivity index (χ0n) is 16.5. The van der Waals surface area contributed by atoms with Crippen molar-refractivity contribution in [2.75, 3.05) is 60.1 Å². The molecule has 1 aromatic carbocycles. The predicted molar refractivity (Wildman–Crippen MR) is 105 cm³/mol. The molecule has 0 atom stereocenters. The van der Waals surface area contributed by atoms with Crippen LogP contribution < -0.4 is 14.8 Å². The molecule has 0 bridgehead atoms. The minimum Gasteiger partial charge on any atom is -0.493 e. The first kappa shape index (κ1) is 21.5. The summed E-state index contributed by atoms with van der Waals surface area (Å²) in [6, 6.07) is 7.60. The van der Waals surface area contributed by atoms with Gasteiger partial charge >= 0.3 is 0 Å². The second-order valence-electron chi connectivity index (χ2n) is 6.45. The van der Waals surface area contributed by atoms with Gasteiger partial charge in [0.1, 0.15) is 11.6 Å². The number of benzene rings is 1. The van der Waals surface area contributed by atoms with Crippen molar-refractivity contribution in [3.8, 4) is 17.6 Å². The lowest BCUT2D eigenvalue weighted by atomic mass is 10.1. The van der Waals surface area contributed by atoms with Crippen molar-refractivity contribution in [1.29, 1.82) is 5.26 Å². The Labute approximate surface area is 165 Å². The van der Waals surface area contributed by atoms with E-state index >= 15 is 0 Å². The first-order valence-electron chi connectivity index (χ1n) is 9.29. The van der Waals surface area contributed by atoms with E-state index in [1.54, 1.807) is 20.4 Å². The molecular formula is C20H28N4O4. The summed E-state index contributed by atoms with van der Waals surface area (Å²) in [5.74, 6) is 0.925. The number of hydrogen-bond donors (Lipinski definition) is 2. The number of rotatable bonds is 9. The smallest absolute Gasteiger partial charge is 0.263 e. The third-order valence-corrected chi connectivity index (χ3v) is 4.65. The topological polar surface area (TPSA) is 98.1 Å². The van der Waals surface area contributed by atoms with Crippen molar-refractivity contribution in [3.05, 3.63) is 35.5 Å². The molecule has 0 aliphatic carbocycles. The van der Waals surface area contributed by atoms with Gasteiger partial charge in [0.25, 0.3) is 5.91 Å². The third-order valence-electron chi connectivity index (χ3n) is 4.65. The van der Waals surface area contributed by atoms with Gasteiger partial charge in [-0.3, -0.25) is 9.69 Å². The lowest BCUT2D eigenvalue weighted by molar-refractivity contribution is -0.117. The molecule has 1 fully saturated rings. The molecule has 2 rings (SSSR count). The predicted octanol–water partition coefficient (Wildman–Crippen LogP) is 0.380. The van der Waals surface area contributed by atoms with Gasteiger partial charge in [0.05, 0.1) is 20.8 Å². The molecule has 152 valence electrons. The molecule has 2 N–H and O–H groups in total. The van der Waals surface area contributed by atoms with E-state index in [-0.39, 0.29) is 18.1 Å². The first-order chi connectivity index (χ1) is 13.6. The fourth-order valence-corrected chi connectivity index (χ4v) is 3.03. The third kappa shape index (κ3) is 6.15. The summed E-state index contributed by atoms with van der Waals surface area (Å²) in [6.07, 6.45) is 2.24. The fourth-order valence-electron chi connectivity index (χ4n) is 3.03. The van der Waals surface area contributed by atoms with Gasteiger partial charge in [0.15, 0.2) is 11.5 Å². The Bertz CT molecular complexity index is 721. The number of carbonyl (C=O) groups is 1. The number of β-amino-alcohol motifs (C(OH)–C–C–N with tert-alkyl or cyclic N) is 1. The van der Waals surface area contributed by atoms with Crippen LogP contribution in [0.2, 0.25) is 0 Å². The van der Waals surface area contributed by atoms with Gasteiger partial charge in [-0.05, 0) is 24.1 Å². The van der Waals surface area contributed by atoms with Crippen molar-refractivity contribution >= 4 is 5.91 Å². The van der Waals surface area contributed by atoms with Crippen LogP contribution in [0, 0.1) is 11.3 Å². The fraction of sp³-hybridized carbons (Fsp3) is 0.500. The molecule has 1 amide bonds. The van der Waals surface area contributed by atoms with Crippen LogP contribution in [-0.4, -0.2) is 80.9 Å². The van der Waals surface area contributed by atoms with Gasteiger partial charge in [-0.15, -0.1) is 0 Å². The van der Waals surface area contributed by atoms with Crippen molar-refractivity contribution < 1.29 is 19.4 Å². The lowest BCUT2D eigenvalue weighted by Gasteiger charge is -2.33. The van der Waals surface area contributed by atoms with Gasteiger partial charge in [-0.25, -0.2) is 0 Å². The van der Waals surface area contributed by atoms with E-state index in [0.717, 1.165) is 31.7 Å². The number of aliphatic hydroxyl groups is 1. The van der Waals surface area contributed by atoms with Crippen molar-refractivity contribution in [2.24, 2.45) is 0 Å². The molecule has 8 nitrogen and oxygen atoms in total. The van der Waals surface area contributed by atoms with Gasteiger partial charge in [0, 0.05) is 45.5 Å². The number of hydrogen-bond acceptors (Lipinski definition) is 7. The summed E-state index contributed by atoms with van der Waals surface area (Å²) in [6.45, 7) is 4.26. The second-order valence-corrected chi connectivity index (χ2v) is 6.45. The van der Waals surface area contributed by atoms with Crippen LogP contribution in [0.3, 0.4) is 0 Å². The van der Waals surface area contributed by atoms with E-state index < -0.39 is 0 Å². The normalized spacial score (nSPS) is 15.1. The van der Waals surface area contributed by atoms with E-state index in [1.165, 1.54) is 0 Å². The molecule has 28 heavy (non-hydrogen) atoms. The number of nitrogens with one attached hydrogen (secondary N) is 1. The Morgan fingerprint density at radius 1 is 1.25 bits per heavy atom. The van der Waals surface area contributed by atoms with Crippen LogP contribution in [0.5, 0.6) is 11.5 Å². The summed E-state index contributed by atoms with van der Waals surface area (Å²) < 4.78 is 10.5. The Hall–Kier alpha value is -2.76. The maximum Gasteiger partial charge on any atom is 0.263 e. The van der Waals surface area contributed by atoms with Crippen LogP contribution in [0.1, 0.15) is 5.56 Å². The molecular weight excluding hydrogens is 360 g/mol. The van der Waals surface area contributed by atoms with E-state index in [9.17, 15) is 10.1 Å². The highest BCUT2D eigenvalue weighted by Gasteiger charge is 2.16. The van der Waals surface area contributed by atoms with Crippen molar-refractivity contribution in [2.45, 2.75) is 6.42 Å². The molecule has 1 saturated heterocycles. The van der Waals surface area contributed by atoms with Gasteiger partial charge < -0.3 is 24.8 Å². The molecule has 0 radical (unpaired) electrons. The average Bonchev–Trinajstić information content (AvgIpc) is 2.73. The summed E-state index contributed by atoms with van der Waals surface area (Å²) >= 11 is 0. The maximum atomic E-state index is 12.3. The van der Waals surface area contributed by atoms with E-state index in [4.69, 9.17) is 14.6 Å². The molecule has 1 aliphatic rings. The lowest BCUT2D eigenvalue weighted by Crippen LogP contribution is -2.45. The summed E-state index contributed by atoms with van der Waals surface area (Å²) in [5, 5.41) is 21.1. The number of ether oxygens (including phenoxy) is 2. The van der Waals surface area contributed by atoms with E-state index in [1.807, 2.05) is 29.2 Å². The monoisotopic (exact) mass is 388 g/mol. The number of nitriles is 1. The number of aliphatic hydroxyl groups excluding tert-OH is 1. The molecule has 1 aliphatic heterocycles. The average molecular weight is 388 g/mol. The van der Waals surface area contributed by atoms with Gasteiger partial charge in [-0.1, -0.05) is 6.07 Å². The van der Waals surface area contributed by atoms with Crippen LogP contribution in [0.15, 0.2) is 30.0 Å². The minimum absolute atomic E-state index is 0.0999. The summed E-state index contributed by atoms with van der Waals surface area (Å²) in [4.78, 5) is 16.4. The molecule has 0 saturated carbocycles. The van der Waals surface area contributed by atoms with Gasteiger partial charge in [-0.2, -0.15) is 5.26 Å². The SMILES string of the molecule is COc1ccc(CCNC(=O)/C(C#N)=C\N2CCN(CCO)CC2)cc1OC. The Morgan fingerprint density at radius 2 is 1.96 bits per heavy atom. The Balaban J connectivity index is 1.85. The standard InChI is InChI=1S/C20H28N4O4/c1-27-18-4-3-16(13-19(18)28-2)5-6-22-20(26)17(14-21)15-24-9-7-23(8-10-24)11-12-25/h3-4,13,15,25H,5-12H2,1-2H3,(H,22,26)/b17-15-. The maximum absolute atomic E-state index is 12.3. The molecule has 0 unspecified atom stereocenters. The Kier molecular flexibility index (Phi) is 8.59. The zero-order chi connectivity index (χ0) is 20.4. The summed E-state index contributed by atoms with van der Waals surface area (Å²) in [5.41, 5.74) is 1.10. The minimum atomic E-state index is -0.374. The van der Waals surface area contributed by atoms with E-state index in [2.05, 4.69) is 10.2 Å². The molecule has 0 spiro atoms. The van der Waals surface area contributed by atoms with Crippen molar-refractivity contribution in [1.82, 2.24) is 15.1 Å². The largest absolute Gasteiger partial charge is 0.493 e. The Morgan fingerprint density at radius 3 is 2.57 bits per heavy atom. The van der Waals surface area contributed by atoms with Crippen LogP contribution >= 0.6 is 0 Å². The van der Waals surface area contributed by atoms with Crippen LogP contribution in [-0.2, 0) is 11.2 Å². The van der Waals surface area contributed by atoms with E-state index in [0.29, 0.717) is 31.0 Å². The molecule has 1 aromatic rings. The molecule has 0 aromatic heterocycles. The number of carbonyl (C=O) groups excluding carboxylic acids is 1. The summed E-state index contributed by atoms with van der Waals surface area (Å²) in [7, 11) is 3.16. The number of piperazine rings is 1. The highest BCUT2D eigenvalue weighted by Crippen LogP contribution is 2.27. The van der Waals surface area contributed by atoms with Crippen LogP contribution in [0.25, 0.3) is 0 Å². The van der Waals surface area contributed by atoms with Crippen LogP contribution in [0.4, 0.5) is 0 Å². The van der Waals surface area contributed by atoms with Crippen molar-refractivity contribution in [3.63, 3.8) is 0 Å². The highest BCUT2D eigenvalue weighted by molar-refractivity contribution is 5.97. The number of methoxy groups -OCH3 is 2.